The highest BCUT2D eigenvalue weighted by Gasteiger charge is 2.18. The Balaban J connectivity index is 2.07. The second-order valence-electron chi connectivity index (χ2n) is 4.78. The first kappa shape index (κ1) is 18.3. The van der Waals surface area contributed by atoms with Crippen LogP contribution in [0.4, 0.5) is 11.4 Å². The first-order valence-electron chi connectivity index (χ1n) is 6.64. The van der Waals surface area contributed by atoms with Crippen molar-refractivity contribution in [3.05, 3.63) is 61.6 Å². The third-order valence-corrected chi connectivity index (χ3v) is 3.66. The summed E-state index contributed by atoms with van der Waals surface area (Å²) in [6.07, 6.45) is -0.901. The number of carbonyl (C=O) groups excluding carboxylic acids is 1. The Labute approximate surface area is 152 Å². The van der Waals surface area contributed by atoms with E-state index < -0.39 is 16.9 Å². The number of non-ortho nitro benzene ring substituents is 1. The van der Waals surface area contributed by atoms with E-state index >= 15 is 0 Å². The minimum atomic E-state index is -0.901. The van der Waals surface area contributed by atoms with Crippen molar-refractivity contribution in [2.24, 2.45) is 0 Å². The second kappa shape index (κ2) is 7.70. The van der Waals surface area contributed by atoms with E-state index in [1.54, 1.807) is 0 Å². The smallest absolute Gasteiger partial charge is 0.271 e. The number of ether oxygens (including phenoxy) is 1. The lowest BCUT2D eigenvalue weighted by Gasteiger charge is -2.15. The Bertz CT molecular complexity index is 778. The van der Waals surface area contributed by atoms with Gasteiger partial charge in [0.1, 0.15) is 5.75 Å². The highest BCUT2D eigenvalue weighted by molar-refractivity contribution is 6.35. The summed E-state index contributed by atoms with van der Waals surface area (Å²) in [7, 11) is 0. The monoisotopic (exact) mass is 388 g/mol. The molecule has 0 unspecified atom stereocenters. The van der Waals surface area contributed by atoms with Crippen molar-refractivity contribution in [2.45, 2.75) is 13.0 Å². The minimum Gasteiger partial charge on any atom is -0.479 e. The maximum absolute atomic E-state index is 12.2. The molecule has 0 aromatic heterocycles. The van der Waals surface area contributed by atoms with Crippen LogP contribution in [0.2, 0.25) is 15.1 Å². The molecule has 2 rings (SSSR count). The number of nitro groups is 1. The Morgan fingerprint density at radius 3 is 2.33 bits per heavy atom. The molecule has 1 N–H and O–H groups in total. The highest BCUT2D eigenvalue weighted by Crippen LogP contribution is 2.29. The summed E-state index contributed by atoms with van der Waals surface area (Å²) in [5.74, 6) is -0.295. The number of nitrogens with one attached hydrogen (secondary N) is 1. The molecule has 1 amide bonds. The molecule has 126 valence electrons. The van der Waals surface area contributed by atoms with E-state index in [1.807, 2.05) is 0 Å². The van der Waals surface area contributed by atoms with Gasteiger partial charge in [0.05, 0.1) is 9.95 Å². The molecular formula is C15H11Cl3N2O4. The van der Waals surface area contributed by atoms with Crippen LogP contribution < -0.4 is 10.1 Å². The number of hydrogen-bond acceptors (Lipinski definition) is 4. The highest BCUT2D eigenvalue weighted by atomic mass is 35.5. The van der Waals surface area contributed by atoms with Gasteiger partial charge in [0.25, 0.3) is 11.6 Å². The van der Waals surface area contributed by atoms with Crippen LogP contribution in [0.5, 0.6) is 5.75 Å². The van der Waals surface area contributed by atoms with Gasteiger partial charge in [0.2, 0.25) is 0 Å². The Morgan fingerprint density at radius 1 is 1.17 bits per heavy atom. The fourth-order valence-electron chi connectivity index (χ4n) is 1.81. The Morgan fingerprint density at radius 2 is 1.79 bits per heavy atom. The van der Waals surface area contributed by atoms with Crippen LogP contribution >= 0.6 is 34.8 Å². The van der Waals surface area contributed by atoms with Gasteiger partial charge in [-0.05, 0) is 31.2 Å². The number of benzene rings is 2. The van der Waals surface area contributed by atoms with Gasteiger partial charge in [-0.25, -0.2) is 0 Å². The van der Waals surface area contributed by atoms with E-state index in [0.717, 1.165) is 6.07 Å². The van der Waals surface area contributed by atoms with Gasteiger partial charge in [0, 0.05) is 27.9 Å². The van der Waals surface area contributed by atoms with Crippen molar-refractivity contribution in [1.82, 2.24) is 0 Å². The summed E-state index contributed by atoms with van der Waals surface area (Å²) in [4.78, 5) is 22.3. The molecule has 0 saturated carbocycles. The number of halogens is 3. The lowest BCUT2D eigenvalue weighted by atomic mass is 10.2. The van der Waals surface area contributed by atoms with E-state index in [2.05, 4.69) is 5.32 Å². The maximum atomic E-state index is 12.2. The van der Waals surface area contributed by atoms with Crippen molar-refractivity contribution in [3.63, 3.8) is 0 Å². The number of hydrogen-bond donors (Lipinski definition) is 1. The molecule has 0 aliphatic rings. The fraction of sp³-hybridized carbons (Fsp3) is 0.133. The van der Waals surface area contributed by atoms with Crippen LogP contribution in [-0.2, 0) is 4.79 Å². The zero-order valence-corrected chi connectivity index (χ0v) is 14.5. The molecule has 0 saturated heterocycles. The van der Waals surface area contributed by atoms with Crippen molar-refractivity contribution < 1.29 is 14.5 Å². The van der Waals surface area contributed by atoms with Crippen molar-refractivity contribution in [3.8, 4) is 5.75 Å². The van der Waals surface area contributed by atoms with E-state index in [-0.39, 0.29) is 16.5 Å². The average molecular weight is 390 g/mol. The van der Waals surface area contributed by atoms with Crippen LogP contribution in [0.1, 0.15) is 6.92 Å². The lowest BCUT2D eigenvalue weighted by molar-refractivity contribution is -0.384. The topological polar surface area (TPSA) is 81.5 Å². The van der Waals surface area contributed by atoms with E-state index in [0.29, 0.717) is 15.7 Å². The molecule has 1 atom stereocenters. The van der Waals surface area contributed by atoms with Gasteiger partial charge >= 0.3 is 0 Å². The molecule has 0 spiro atoms. The molecule has 6 nitrogen and oxygen atoms in total. The van der Waals surface area contributed by atoms with Crippen molar-refractivity contribution >= 4 is 52.1 Å². The summed E-state index contributed by atoms with van der Waals surface area (Å²) >= 11 is 17.7. The van der Waals surface area contributed by atoms with Crippen molar-refractivity contribution in [2.75, 3.05) is 5.32 Å². The van der Waals surface area contributed by atoms with Gasteiger partial charge in [0.15, 0.2) is 6.10 Å². The van der Waals surface area contributed by atoms with Crippen LogP contribution in [0.3, 0.4) is 0 Å². The van der Waals surface area contributed by atoms with E-state index in [9.17, 15) is 14.9 Å². The summed E-state index contributed by atoms with van der Waals surface area (Å²) in [5, 5.41) is 14.1. The predicted molar refractivity (Wildman–Crippen MR) is 93.3 cm³/mol. The molecule has 0 bridgehead atoms. The molecule has 2 aromatic carbocycles. The van der Waals surface area contributed by atoms with Crippen LogP contribution in [0.15, 0.2) is 36.4 Å². The molecule has 0 fully saturated rings. The van der Waals surface area contributed by atoms with E-state index in [1.165, 1.54) is 37.3 Å². The molecule has 0 aliphatic carbocycles. The summed E-state index contributed by atoms with van der Waals surface area (Å²) in [6, 6.07) is 8.34. The molecule has 0 aliphatic heterocycles. The van der Waals surface area contributed by atoms with Gasteiger partial charge in [-0.3, -0.25) is 14.9 Å². The summed E-state index contributed by atoms with van der Waals surface area (Å²) < 4.78 is 5.44. The fourth-order valence-corrected chi connectivity index (χ4v) is 2.56. The number of carbonyl (C=O) groups is 1. The molecule has 24 heavy (non-hydrogen) atoms. The van der Waals surface area contributed by atoms with Crippen LogP contribution in [-0.4, -0.2) is 16.9 Å². The molecule has 2 aromatic rings. The molecule has 9 heteroatoms. The third kappa shape index (κ3) is 4.74. The zero-order chi connectivity index (χ0) is 17.9. The largest absolute Gasteiger partial charge is 0.479 e. The van der Waals surface area contributed by atoms with Crippen molar-refractivity contribution in [1.29, 1.82) is 0 Å². The maximum Gasteiger partial charge on any atom is 0.271 e. The van der Waals surface area contributed by atoms with Gasteiger partial charge in [-0.1, -0.05) is 34.8 Å². The third-order valence-electron chi connectivity index (χ3n) is 2.93. The average Bonchev–Trinajstić information content (AvgIpc) is 2.47. The molecule has 0 radical (unpaired) electrons. The first-order chi connectivity index (χ1) is 11.3. The first-order valence-corrected chi connectivity index (χ1v) is 7.77. The van der Waals surface area contributed by atoms with Crippen LogP contribution in [0.25, 0.3) is 0 Å². The Hall–Kier alpha value is -2.02. The van der Waals surface area contributed by atoms with Gasteiger partial charge in [-0.2, -0.15) is 0 Å². The van der Waals surface area contributed by atoms with Crippen LogP contribution in [0, 0.1) is 10.1 Å². The normalized spacial score (nSPS) is 11.7. The lowest BCUT2D eigenvalue weighted by Crippen LogP contribution is -2.30. The van der Waals surface area contributed by atoms with Gasteiger partial charge < -0.3 is 10.1 Å². The molecule has 0 heterocycles. The summed E-state index contributed by atoms with van der Waals surface area (Å²) in [6.45, 7) is 1.51. The number of nitro benzene ring substituents is 1. The second-order valence-corrected chi connectivity index (χ2v) is 6.06. The number of nitrogens with zero attached hydrogens (tertiary/aromatic N) is 1. The molecular weight excluding hydrogens is 379 g/mol. The standard InChI is InChI=1S/C15H11Cl3N2O4/c1-8(15(21)19-11-5-9(16)4-10(17)6-11)24-14-3-2-12(20(22)23)7-13(14)18/h2-8H,1H3,(H,19,21)/t8-/m1/s1. The van der Waals surface area contributed by atoms with E-state index in [4.69, 9.17) is 39.5 Å². The number of rotatable bonds is 5. The minimum absolute atomic E-state index is 0.0367. The summed E-state index contributed by atoms with van der Waals surface area (Å²) in [5.41, 5.74) is 0.251. The van der Waals surface area contributed by atoms with Gasteiger partial charge in [-0.15, -0.1) is 0 Å². The number of amides is 1. The number of anilines is 1. The quantitative estimate of drug-likeness (QED) is 0.579. The predicted octanol–water partition coefficient (Wildman–Crippen LogP) is 4.96. The zero-order valence-electron chi connectivity index (χ0n) is 12.3. The Kier molecular flexibility index (Phi) is 5.88. The SMILES string of the molecule is C[C@@H](Oc1ccc([N+](=O)[O-])cc1Cl)C(=O)Nc1cc(Cl)cc(Cl)c1.